The number of carboxylic acid groups (broad SMARTS) is 1. The van der Waals surface area contributed by atoms with Crippen molar-refractivity contribution in [1.82, 2.24) is 0 Å². The minimum absolute atomic E-state index is 0.211. The molecule has 1 aliphatic heterocycles. The summed E-state index contributed by atoms with van der Waals surface area (Å²) in [4.78, 5) is 34.2. The van der Waals surface area contributed by atoms with E-state index in [-0.39, 0.29) is 23.2 Å². The maximum absolute atomic E-state index is 11.9. The third kappa shape index (κ3) is 2.11. The summed E-state index contributed by atoms with van der Waals surface area (Å²) in [6.45, 7) is 1.72. The Balaban J connectivity index is 1.98. The summed E-state index contributed by atoms with van der Waals surface area (Å²) >= 11 is 0. The van der Waals surface area contributed by atoms with E-state index in [1.807, 2.05) is 0 Å². The number of esters is 1. The van der Waals surface area contributed by atoms with Crippen LogP contribution in [-0.2, 0) is 14.3 Å². The number of hydrogen-bond acceptors (Lipinski definition) is 5. The molecule has 1 saturated heterocycles. The fraction of sp³-hybridized carbons (Fsp3) is 0.714. The van der Waals surface area contributed by atoms with Gasteiger partial charge in [-0.1, -0.05) is 11.6 Å². The number of rotatable bonds is 2. The molecule has 3 aliphatic rings. The second kappa shape index (κ2) is 4.82. The van der Waals surface area contributed by atoms with E-state index in [0.29, 0.717) is 12.8 Å². The summed E-state index contributed by atoms with van der Waals surface area (Å²) in [5, 5.41) is 20.5. The van der Waals surface area contributed by atoms with Gasteiger partial charge < -0.3 is 9.84 Å². The Labute approximate surface area is 121 Å². The van der Waals surface area contributed by atoms with Gasteiger partial charge in [0.2, 0.25) is 6.04 Å². The van der Waals surface area contributed by atoms with Crippen molar-refractivity contribution in [2.24, 2.45) is 23.7 Å². The average Bonchev–Trinajstić information content (AvgIpc) is 2.70. The first-order valence-electron chi connectivity index (χ1n) is 7.17. The highest BCUT2D eigenvalue weighted by molar-refractivity contribution is 5.81. The van der Waals surface area contributed by atoms with Gasteiger partial charge >= 0.3 is 11.9 Å². The Bertz CT molecular complexity index is 542. The van der Waals surface area contributed by atoms with Gasteiger partial charge in [-0.05, 0) is 19.3 Å². The molecule has 2 aliphatic carbocycles. The zero-order chi connectivity index (χ0) is 15.3. The van der Waals surface area contributed by atoms with Crippen LogP contribution >= 0.6 is 0 Å². The lowest BCUT2D eigenvalue weighted by molar-refractivity contribution is -0.524. The quantitative estimate of drug-likeness (QED) is 0.355. The van der Waals surface area contributed by atoms with Crippen LogP contribution < -0.4 is 0 Å². The van der Waals surface area contributed by atoms with Gasteiger partial charge in [-0.3, -0.25) is 19.7 Å². The predicted octanol–water partition coefficient (Wildman–Crippen LogP) is 1.25. The minimum atomic E-state index is -0.940. The topological polar surface area (TPSA) is 107 Å². The molecule has 1 saturated carbocycles. The van der Waals surface area contributed by atoms with Crippen molar-refractivity contribution < 1.29 is 24.4 Å². The molecule has 1 heterocycles. The average molecular weight is 295 g/mol. The first-order valence-corrected chi connectivity index (χ1v) is 7.17. The molecule has 0 spiro atoms. The van der Waals surface area contributed by atoms with Crippen molar-refractivity contribution in [3.05, 3.63) is 21.8 Å². The second-order valence-corrected chi connectivity index (χ2v) is 6.18. The molecule has 114 valence electrons. The molecule has 0 amide bonds. The second-order valence-electron chi connectivity index (χ2n) is 6.18. The number of aliphatic carboxylic acids is 1. The van der Waals surface area contributed by atoms with Crippen LogP contribution in [0.25, 0.3) is 0 Å². The third-order valence-electron chi connectivity index (χ3n) is 5.11. The number of carboxylic acids is 1. The lowest BCUT2D eigenvalue weighted by Gasteiger charge is -2.39. The molecule has 0 aromatic rings. The highest BCUT2D eigenvalue weighted by Gasteiger charge is 2.55. The smallest absolute Gasteiger partial charge is 0.313 e. The van der Waals surface area contributed by atoms with Crippen LogP contribution in [-0.4, -0.2) is 34.1 Å². The van der Waals surface area contributed by atoms with Gasteiger partial charge in [0.15, 0.2) is 0 Å². The standard InChI is InChI=1S/C14H17NO6/c1-6-11-10(14(18)21-6)5-7-4-8(15(19)20)2-3-9(7)12(11)13(16)17/h5-6,8-12H,2-4H2,1H3,(H,16,17)/t6-,8-,9-,10-,11-,12+/m1/s1. The Morgan fingerprint density at radius 3 is 2.81 bits per heavy atom. The maximum atomic E-state index is 11.9. The van der Waals surface area contributed by atoms with Crippen molar-refractivity contribution in [1.29, 1.82) is 0 Å². The first kappa shape index (κ1) is 14.0. The Hall–Kier alpha value is -1.92. The molecule has 3 rings (SSSR count). The summed E-state index contributed by atoms with van der Waals surface area (Å²) < 4.78 is 5.19. The zero-order valence-corrected chi connectivity index (χ0v) is 11.6. The number of nitro groups is 1. The van der Waals surface area contributed by atoms with Crippen LogP contribution in [0.5, 0.6) is 0 Å². The lowest BCUT2D eigenvalue weighted by Crippen LogP contribution is -2.44. The molecule has 0 bridgehead atoms. The van der Waals surface area contributed by atoms with E-state index in [0.717, 1.165) is 5.57 Å². The van der Waals surface area contributed by atoms with Crippen molar-refractivity contribution in [2.75, 3.05) is 0 Å². The van der Waals surface area contributed by atoms with Gasteiger partial charge in [-0.15, -0.1) is 0 Å². The molecule has 0 radical (unpaired) electrons. The number of ether oxygens (including phenoxy) is 1. The molecule has 7 nitrogen and oxygen atoms in total. The van der Waals surface area contributed by atoms with Gasteiger partial charge in [-0.2, -0.15) is 0 Å². The Kier molecular flexibility index (Phi) is 3.22. The molecule has 2 fully saturated rings. The van der Waals surface area contributed by atoms with E-state index < -0.39 is 35.9 Å². The van der Waals surface area contributed by atoms with Crippen LogP contribution in [0, 0.1) is 33.8 Å². The van der Waals surface area contributed by atoms with E-state index in [1.165, 1.54) is 0 Å². The Morgan fingerprint density at radius 2 is 2.19 bits per heavy atom. The van der Waals surface area contributed by atoms with Gasteiger partial charge in [-0.25, -0.2) is 0 Å². The monoisotopic (exact) mass is 295 g/mol. The molecular formula is C14H17NO6. The highest BCUT2D eigenvalue weighted by Crippen LogP contribution is 2.50. The molecular weight excluding hydrogens is 278 g/mol. The third-order valence-corrected chi connectivity index (χ3v) is 5.11. The lowest BCUT2D eigenvalue weighted by atomic mass is 9.62. The highest BCUT2D eigenvalue weighted by atomic mass is 16.6. The fourth-order valence-corrected chi connectivity index (χ4v) is 4.18. The molecule has 21 heavy (non-hydrogen) atoms. The van der Waals surface area contributed by atoms with Crippen molar-refractivity contribution in [3.8, 4) is 0 Å². The first-order chi connectivity index (χ1) is 9.90. The zero-order valence-electron chi connectivity index (χ0n) is 11.6. The van der Waals surface area contributed by atoms with Crippen molar-refractivity contribution in [3.63, 3.8) is 0 Å². The summed E-state index contributed by atoms with van der Waals surface area (Å²) in [5.41, 5.74) is 0.752. The molecule has 0 aromatic heterocycles. The van der Waals surface area contributed by atoms with Crippen LogP contribution in [0.4, 0.5) is 0 Å². The van der Waals surface area contributed by atoms with Gasteiger partial charge in [0.05, 0.1) is 11.8 Å². The number of carbonyl (C=O) groups is 2. The van der Waals surface area contributed by atoms with Crippen molar-refractivity contribution >= 4 is 11.9 Å². The van der Waals surface area contributed by atoms with E-state index in [4.69, 9.17) is 4.74 Å². The van der Waals surface area contributed by atoms with Gasteiger partial charge in [0, 0.05) is 23.7 Å². The normalized spacial score (nSPS) is 41.6. The summed E-state index contributed by atoms with van der Waals surface area (Å²) in [6.07, 6.45) is 2.44. The number of carbonyl (C=O) groups excluding carboxylic acids is 1. The number of cyclic esters (lactones) is 1. The maximum Gasteiger partial charge on any atom is 0.313 e. The summed E-state index contributed by atoms with van der Waals surface area (Å²) in [7, 11) is 0. The van der Waals surface area contributed by atoms with Crippen LogP contribution in [0.3, 0.4) is 0 Å². The predicted molar refractivity (Wildman–Crippen MR) is 69.9 cm³/mol. The number of fused-ring (bicyclic) bond motifs is 2. The Morgan fingerprint density at radius 1 is 1.48 bits per heavy atom. The van der Waals surface area contributed by atoms with E-state index in [2.05, 4.69) is 0 Å². The summed E-state index contributed by atoms with van der Waals surface area (Å²) in [5.74, 6) is -3.19. The molecule has 7 heteroatoms. The molecule has 6 atom stereocenters. The van der Waals surface area contributed by atoms with Gasteiger partial charge in [0.25, 0.3) is 0 Å². The van der Waals surface area contributed by atoms with E-state index in [9.17, 15) is 24.8 Å². The fourth-order valence-electron chi connectivity index (χ4n) is 4.18. The SMILES string of the molecule is C[C@H]1OC(=O)[C@@H]2C=C3C[C@H]([N+](=O)[O-])CC[C@H]3[C@H](C(=O)O)[C@H]12. The summed E-state index contributed by atoms with van der Waals surface area (Å²) in [6, 6.07) is -0.673. The number of hydrogen-bond donors (Lipinski definition) is 1. The van der Waals surface area contributed by atoms with Crippen molar-refractivity contribution in [2.45, 2.75) is 38.3 Å². The van der Waals surface area contributed by atoms with Crippen LogP contribution in [0.2, 0.25) is 0 Å². The van der Waals surface area contributed by atoms with E-state index >= 15 is 0 Å². The van der Waals surface area contributed by atoms with Gasteiger partial charge in [0.1, 0.15) is 6.10 Å². The largest absolute Gasteiger partial charge is 0.481 e. The molecule has 0 aromatic carbocycles. The van der Waals surface area contributed by atoms with E-state index in [1.54, 1.807) is 13.0 Å². The minimum Gasteiger partial charge on any atom is -0.481 e. The van der Waals surface area contributed by atoms with Crippen LogP contribution in [0.15, 0.2) is 11.6 Å². The molecule has 0 unspecified atom stereocenters. The van der Waals surface area contributed by atoms with Crippen LogP contribution in [0.1, 0.15) is 26.2 Å². The number of nitrogens with zero attached hydrogens (tertiary/aromatic N) is 1. The molecule has 1 N–H and O–H groups in total.